The van der Waals surface area contributed by atoms with E-state index in [9.17, 15) is 18.8 Å². The number of rotatable bonds is 7. The van der Waals surface area contributed by atoms with E-state index in [1.165, 1.54) is 25.1 Å². The third kappa shape index (κ3) is 5.67. The molecule has 26 heavy (non-hydrogen) atoms. The Hall–Kier alpha value is -2.73. The molecule has 0 saturated carbocycles. The van der Waals surface area contributed by atoms with E-state index >= 15 is 0 Å². The summed E-state index contributed by atoms with van der Waals surface area (Å²) in [6.07, 6.45) is -1.34. The minimum Gasteiger partial charge on any atom is -0.453 e. The highest BCUT2D eigenvalue weighted by Gasteiger charge is 2.19. The lowest BCUT2D eigenvalue weighted by molar-refractivity contribution is -0.153. The Morgan fingerprint density at radius 2 is 1.73 bits per heavy atom. The van der Waals surface area contributed by atoms with Crippen molar-refractivity contribution in [2.75, 3.05) is 5.32 Å². The van der Waals surface area contributed by atoms with Crippen LogP contribution in [0.3, 0.4) is 0 Å². The van der Waals surface area contributed by atoms with Crippen LogP contribution in [0.15, 0.2) is 48.5 Å². The van der Waals surface area contributed by atoms with Crippen LogP contribution >= 0.6 is 11.6 Å². The van der Waals surface area contributed by atoms with Crippen LogP contribution in [-0.2, 0) is 14.3 Å². The van der Waals surface area contributed by atoms with Crippen molar-refractivity contribution < 1.29 is 23.5 Å². The van der Waals surface area contributed by atoms with Gasteiger partial charge in [0.2, 0.25) is 0 Å². The molecular formula is C19H17ClFNO4. The van der Waals surface area contributed by atoms with Gasteiger partial charge in [-0.25, -0.2) is 4.39 Å². The second-order valence-corrected chi connectivity index (χ2v) is 5.97. The van der Waals surface area contributed by atoms with Crippen LogP contribution in [0.4, 0.5) is 10.1 Å². The minimum absolute atomic E-state index is 0.00156. The summed E-state index contributed by atoms with van der Waals surface area (Å²) in [6, 6.07) is 12.0. The number of halogens is 2. The number of esters is 1. The second-order valence-electron chi connectivity index (χ2n) is 5.53. The highest BCUT2D eigenvalue weighted by Crippen LogP contribution is 2.14. The van der Waals surface area contributed by atoms with Crippen molar-refractivity contribution in [3.63, 3.8) is 0 Å². The Morgan fingerprint density at radius 3 is 2.38 bits per heavy atom. The van der Waals surface area contributed by atoms with E-state index in [-0.39, 0.29) is 24.3 Å². The molecule has 2 aromatic carbocycles. The van der Waals surface area contributed by atoms with Gasteiger partial charge in [-0.3, -0.25) is 14.4 Å². The van der Waals surface area contributed by atoms with E-state index in [1.807, 2.05) is 0 Å². The zero-order valence-corrected chi connectivity index (χ0v) is 14.8. The van der Waals surface area contributed by atoms with Crippen molar-refractivity contribution in [2.45, 2.75) is 25.9 Å². The molecule has 0 aromatic heterocycles. The molecule has 7 heteroatoms. The van der Waals surface area contributed by atoms with Crippen LogP contribution in [0.2, 0.25) is 5.02 Å². The van der Waals surface area contributed by atoms with Gasteiger partial charge in [-0.1, -0.05) is 23.7 Å². The first-order valence-corrected chi connectivity index (χ1v) is 8.28. The van der Waals surface area contributed by atoms with Crippen LogP contribution in [0, 0.1) is 5.82 Å². The fourth-order valence-corrected chi connectivity index (χ4v) is 2.23. The number of amides is 1. The lowest BCUT2D eigenvalue weighted by atomic mass is 10.1. The molecule has 0 fully saturated rings. The number of carbonyl (C=O) groups excluding carboxylic acids is 3. The third-order valence-corrected chi connectivity index (χ3v) is 3.78. The predicted octanol–water partition coefficient (Wildman–Crippen LogP) is 4.01. The van der Waals surface area contributed by atoms with Crippen molar-refractivity contribution in [1.82, 2.24) is 0 Å². The van der Waals surface area contributed by atoms with E-state index in [0.29, 0.717) is 10.6 Å². The maximum Gasteiger partial charge on any atom is 0.307 e. The normalized spacial score (nSPS) is 11.5. The molecule has 0 aliphatic carbocycles. The van der Waals surface area contributed by atoms with Gasteiger partial charge < -0.3 is 10.1 Å². The average molecular weight is 378 g/mol. The Kier molecular flexibility index (Phi) is 6.86. The number of carbonyl (C=O) groups is 3. The first-order valence-electron chi connectivity index (χ1n) is 7.90. The quantitative estimate of drug-likeness (QED) is 0.584. The van der Waals surface area contributed by atoms with Gasteiger partial charge in [0.15, 0.2) is 11.9 Å². The van der Waals surface area contributed by atoms with Crippen molar-refractivity contribution in [1.29, 1.82) is 0 Å². The van der Waals surface area contributed by atoms with Gasteiger partial charge in [0, 0.05) is 17.0 Å². The number of hydrogen-bond donors (Lipinski definition) is 1. The Bertz CT molecular complexity index is 807. The Labute approximate surface area is 155 Å². The standard InChI is InChI=1S/C19H17ClFNO4/c1-12(19(25)22-16-5-3-2-4-15(16)21)26-18(24)11-10-17(23)13-6-8-14(20)9-7-13/h2-9,12H,10-11H2,1H3,(H,22,25)/t12-/m0/s1. The van der Waals surface area contributed by atoms with Crippen molar-refractivity contribution >= 4 is 34.9 Å². The van der Waals surface area contributed by atoms with E-state index in [0.717, 1.165) is 0 Å². The number of Topliss-reactive ketones (excluding diaryl/α,β-unsaturated/α-hetero) is 1. The van der Waals surface area contributed by atoms with Gasteiger partial charge in [-0.05, 0) is 43.3 Å². The first-order chi connectivity index (χ1) is 12.4. The number of anilines is 1. The van der Waals surface area contributed by atoms with Gasteiger partial charge in [0.25, 0.3) is 5.91 Å². The summed E-state index contributed by atoms with van der Waals surface area (Å²) >= 11 is 5.75. The zero-order valence-electron chi connectivity index (χ0n) is 14.0. The van der Waals surface area contributed by atoms with Crippen molar-refractivity contribution in [3.05, 3.63) is 64.9 Å². The number of ketones is 1. The monoisotopic (exact) mass is 377 g/mol. The van der Waals surface area contributed by atoms with Crippen molar-refractivity contribution in [3.8, 4) is 0 Å². The molecule has 0 saturated heterocycles. The molecule has 0 aliphatic rings. The summed E-state index contributed by atoms with van der Waals surface area (Å²) in [5.41, 5.74) is 0.436. The number of benzene rings is 2. The SMILES string of the molecule is C[C@H](OC(=O)CCC(=O)c1ccc(Cl)cc1)C(=O)Nc1ccccc1F. The molecule has 0 radical (unpaired) electrons. The smallest absolute Gasteiger partial charge is 0.307 e. The fourth-order valence-electron chi connectivity index (χ4n) is 2.10. The van der Waals surface area contributed by atoms with Gasteiger partial charge >= 0.3 is 5.97 Å². The fraction of sp³-hybridized carbons (Fsp3) is 0.211. The number of hydrogen-bond acceptors (Lipinski definition) is 4. The molecule has 2 rings (SSSR count). The maximum absolute atomic E-state index is 13.5. The number of para-hydroxylation sites is 1. The summed E-state index contributed by atoms with van der Waals surface area (Å²) in [4.78, 5) is 35.8. The third-order valence-electron chi connectivity index (χ3n) is 3.53. The lowest BCUT2D eigenvalue weighted by Gasteiger charge is -2.13. The van der Waals surface area contributed by atoms with E-state index in [1.54, 1.807) is 30.3 Å². The molecule has 0 spiro atoms. The van der Waals surface area contributed by atoms with Crippen LogP contribution in [-0.4, -0.2) is 23.8 Å². The summed E-state index contributed by atoms with van der Waals surface area (Å²) < 4.78 is 18.5. The Morgan fingerprint density at radius 1 is 1.08 bits per heavy atom. The molecule has 1 atom stereocenters. The van der Waals surface area contributed by atoms with Crippen LogP contribution in [0.25, 0.3) is 0 Å². The lowest BCUT2D eigenvalue weighted by Crippen LogP contribution is -2.30. The first kappa shape index (κ1) is 19.6. The van der Waals surface area contributed by atoms with Gasteiger partial charge in [0.1, 0.15) is 5.82 Å². The number of ether oxygens (including phenoxy) is 1. The Balaban J connectivity index is 1.81. The molecule has 0 aliphatic heterocycles. The van der Waals surface area contributed by atoms with Crippen LogP contribution in [0.5, 0.6) is 0 Å². The maximum atomic E-state index is 13.5. The topological polar surface area (TPSA) is 72.5 Å². The molecule has 1 amide bonds. The molecule has 0 bridgehead atoms. The van der Waals surface area contributed by atoms with Crippen molar-refractivity contribution in [2.24, 2.45) is 0 Å². The molecule has 1 N–H and O–H groups in total. The highest BCUT2D eigenvalue weighted by atomic mass is 35.5. The summed E-state index contributed by atoms with van der Waals surface area (Å²) in [5, 5.41) is 2.85. The molecule has 0 unspecified atom stereocenters. The predicted molar refractivity (Wildman–Crippen MR) is 95.6 cm³/mol. The molecule has 5 nitrogen and oxygen atoms in total. The summed E-state index contributed by atoms with van der Waals surface area (Å²) in [7, 11) is 0. The molecular weight excluding hydrogens is 361 g/mol. The summed E-state index contributed by atoms with van der Waals surface area (Å²) in [5.74, 6) is -2.18. The zero-order chi connectivity index (χ0) is 19.1. The van der Waals surface area contributed by atoms with Crippen LogP contribution < -0.4 is 5.32 Å². The molecule has 0 heterocycles. The number of nitrogens with one attached hydrogen (secondary N) is 1. The summed E-state index contributed by atoms with van der Waals surface area (Å²) in [6.45, 7) is 1.37. The van der Waals surface area contributed by atoms with Gasteiger partial charge in [-0.2, -0.15) is 0 Å². The van der Waals surface area contributed by atoms with Gasteiger partial charge in [-0.15, -0.1) is 0 Å². The highest BCUT2D eigenvalue weighted by molar-refractivity contribution is 6.30. The largest absolute Gasteiger partial charge is 0.453 e. The van der Waals surface area contributed by atoms with E-state index < -0.39 is 23.8 Å². The van der Waals surface area contributed by atoms with E-state index in [2.05, 4.69) is 5.32 Å². The molecule has 136 valence electrons. The average Bonchev–Trinajstić information content (AvgIpc) is 2.62. The van der Waals surface area contributed by atoms with Crippen LogP contribution in [0.1, 0.15) is 30.1 Å². The second kappa shape index (κ2) is 9.10. The minimum atomic E-state index is -1.12. The van der Waals surface area contributed by atoms with Gasteiger partial charge in [0.05, 0.1) is 12.1 Å². The molecule has 2 aromatic rings. The van der Waals surface area contributed by atoms with E-state index in [4.69, 9.17) is 16.3 Å².